The van der Waals surface area contributed by atoms with Gasteiger partial charge in [0.1, 0.15) is 0 Å². The van der Waals surface area contributed by atoms with E-state index in [0.717, 1.165) is 40.1 Å². The van der Waals surface area contributed by atoms with Crippen molar-refractivity contribution in [3.05, 3.63) is 129 Å². The first-order chi connectivity index (χ1) is 16.7. The van der Waals surface area contributed by atoms with Gasteiger partial charge in [0.05, 0.1) is 16.9 Å². The third kappa shape index (κ3) is 6.30. The molecule has 0 amide bonds. The van der Waals surface area contributed by atoms with Gasteiger partial charge in [-0.05, 0) is 77.2 Å². The summed E-state index contributed by atoms with van der Waals surface area (Å²) in [5, 5.41) is 4.65. The van der Waals surface area contributed by atoms with Crippen LogP contribution < -0.4 is 11.1 Å². The Bertz CT molecular complexity index is 1220. The Morgan fingerprint density at radius 1 is 0.714 bits per heavy atom. The predicted molar refractivity (Wildman–Crippen MR) is 138 cm³/mol. The van der Waals surface area contributed by atoms with Crippen LogP contribution in [0.3, 0.4) is 0 Å². The number of nitrogens with two attached hydrogens (primary N) is 1. The molecule has 4 rings (SSSR count). The fourth-order valence-electron chi connectivity index (χ4n) is 4.00. The van der Waals surface area contributed by atoms with E-state index in [0.29, 0.717) is 28.7 Å². The van der Waals surface area contributed by atoms with E-state index >= 15 is 0 Å². The van der Waals surface area contributed by atoms with Crippen LogP contribution in [-0.2, 0) is 12.6 Å². The van der Waals surface area contributed by atoms with Gasteiger partial charge in [0.15, 0.2) is 0 Å². The molecule has 0 aromatic heterocycles. The molecule has 0 unspecified atom stereocenters. The Labute approximate surface area is 212 Å². The summed E-state index contributed by atoms with van der Waals surface area (Å²) in [5.74, 6) is -0.0689. The molecule has 3 N–H and O–H groups in total. The molecule has 0 atom stereocenters. The van der Waals surface area contributed by atoms with E-state index in [9.17, 15) is 13.2 Å². The maximum absolute atomic E-state index is 12.8. The summed E-state index contributed by atoms with van der Waals surface area (Å²) in [4.78, 5) is 0. The van der Waals surface area contributed by atoms with Crippen molar-refractivity contribution in [1.82, 2.24) is 0 Å². The first kappa shape index (κ1) is 25.0. The summed E-state index contributed by atoms with van der Waals surface area (Å²) in [6.45, 7) is 0.519. The van der Waals surface area contributed by atoms with Crippen LogP contribution in [0, 0.1) is 0 Å². The Hall–Kier alpha value is -3.15. The zero-order valence-electron chi connectivity index (χ0n) is 18.6. The van der Waals surface area contributed by atoms with Crippen molar-refractivity contribution in [3.8, 4) is 0 Å². The van der Waals surface area contributed by atoms with Gasteiger partial charge >= 0.3 is 6.18 Å². The van der Waals surface area contributed by atoms with Crippen molar-refractivity contribution in [3.63, 3.8) is 0 Å². The number of benzene rings is 4. The van der Waals surface area contributed by atoms with Crippen LogP contribution >= 0.6 is 23.2 Å². The first-order valence-corrected chi connectivity index (χ1v) is 11.8. The second kappa shape index (κ2) is 10.6. The summed E-state index contributed by atoms with van der Waals surface area (Å²) in [6, 6.07) is 26.5. The lowest BCUT2D eigenvalue weighted by Gasteiger charge is -2.21. The molecule has 4 aromatic carbocycles. The van der Waals surface area contributed by atoms with Gasteiger partial charge in [0.25, 0.3) is 0 Å². The highest BCUT2D eigenvalue weighted by Gasteiger charge is 2.29. The highest BCUT2D eigenvalue weighted by Crippen LogP contribution is 2.36. The normalized spacial score (nSPS) is 11.6. The van der Waals surface area contributed by atoms with Crippen LogP contribution in [-0.4, -0.2) is 6.54 Å². The van der Waals surface area contributed by atoms with Crippen LogP contribution in [0.25, 0.3) is 0 Å². The molecule has 180 valence electrons. The molecule has 0 bridgehead atoms. The molecule has 0 spiro atoms. The molecule has 0 aliphatic carbocycles. The number of alkyl halides is 3. The molecule has 7 heteroatoms. The Morgan fingerprint density at radius 3 is 1.74 bits per heavy atom. The lowest BCUT2D eigenvalue weighted by Crippen LogP contribution is -2.10. The van der Waals surface area contributed by atoms with E-state index in [1.165, 1.54) is 12.1 Å². The van der Waals surface area contributed by atoms with Gasteiger partial charge in [0.2, 0.25) is 0 Å². The summed E-state index contributed by atoms with van der Waals surface area (Å²) >= 11 is 12.2. The number of hydrogen-bond acceptors (Lipinski definition) is 2. The van der Waals surface area contributed by atoms with Crippen LogP contribution in [0.1, 0.15) is 33.7 Å². The molecule has 2 nitrogen and oxygen atoms in total. The van der Waals surface area contributed by atoms with Gasteiger partial charge in [-0.3, -0.25) is 0 Å². The zero-order chi connectivity index (χ0) is 25.0. The largest absolute Gasteiger partial charge is 0.416 e. The average Bonchev–Trinajstić information content (AvgIpc) is 2.83. The van der Waals surface area contributed by atoms with Crippen LogP contribution in [0.2, 0.25) is 10.0 Å². The van der Waals surface area contributed by atoms with Crippen molar-refractivity contribution in [2.45, 2.75) is 18.5 Å². The fourth-order valence-corrected chi connectivity index (χ4v) is 4.25. The summed E-state index contributed by atoms with van der Waals surface area (Å²) in [6.07, 6.45) is -3.78. The second-order valence-corrected chi connectivity index (χ2v) is 9.13. The highest BCUT2D eigenvalue weighted by molar-refractivity contribution is 6.30. The van der Waals surface area contributed by atoms with Gasteiger partial charge in [0, 0.05) is 22.5 Å². The maximum atomic E-state index is 12.8. The van der Waals surface area contributed by atoms with E-state index in [1.807, 2.05) is 66.7 Å². The SMILES string of the molecule is Nc1ccc(C(c2ccc(Cl)cc2)c2ccc(Cl)cc2)cc1NCCc1ccc(C(F)(F)F)cc1. The van der Waals surface area contributed by atoms with E-state index < -0.39 is 11.7 Å². The minimum atomic E-state index is -4.34. The average molecular weight is 515 g/mol. The molecular weight excluding hydrogens is 492 g/mol. The third-order valence-electron chi connectivity index (χ3n) is 5.83. The lowest BCUT2D eigenvalue weighted by atomic mass is 9.85. The zero-order valence-corrected chi connectivity index (χ0v) is 20.1. The quantitative estimate of drug-likeness (QED) is 0.192. The highest BCUT2D eigenvalue weighted by atomic mass is 35.5. The Morgan fingerprint density at radius 2 is 1.23 bits per heavy atom. The number of rotatable bonds is 7. The molecule has 4 aromatic rings. The number of nitrogen functional groups attached to an aromatic ring is 1. The van der Waals surface area contributed by atoms with Crippen LogP contribution in [0.15, 0.2) is 91.0 Å². The Balaban J connectivity index is 1.56. The summed E-state index contributed by atoms with van der Waals surface area (Å²) in [7, 11) is 0. The molecular formula is C28H23Cl2F3N2. The predicted octanol–water partition coefficient (Wildman–Crippen LogP) is 8.43. The van der Waals surface area contributed by atoms with Gasteiger partial charge in [-0.15, -0.1) is 0 Å². The van der Waals surface area contributed by atoms with Crippen molar-refractivity contribution in [2.24, 2.45) is 0 Å². The number of halogens is 5. The molecule has 0 heterocycles. The lowest BCUT2D eigenvalue weighted by molar-refractivity contribution is -0.137. The van der Waals surface area contributed by atoms with Gasteiger partial charge in [-0.1, -0.05) is 65.7 Å². The second-order valence-electron chi connectivity index (χ2n) is 8.25. The smallest absolute Gasteiger partial charge is 0.397 e. The van der Waals surface area contributed by atoms with E-state index in [-0.39, 0.29) is 5.92 Å². The van der Waals surface area contributed by atoms with Crippen molar-refractivity contribution >= 4 is 34.6 Å². The van der Waals surface area contributed by atoms with Gasteiger partial charge in [-0.25, -0.2) is 0 Å². The van der Waals surface area contributed by atoms with Crippen LogP contribution in [0.4, 0.5) is 24.5 Å². The number of anilines is 2. The minimum absolute atomic E-state index is 0.0689. The van der Waals surface area contributed by atoms with Crippen molar-refractivity contribution < 1.29 is 13.2 Å². The summed E-state index contributed by atoms with van der Waals surface area (Å²) in [5.41, 5.74) is 10.9. The first-order valence-electron chi connectivity index (χ1n) is 11.0. The monoisotopic (exact) mass is 514 g/mol. The molecule has 35 heavy (non-hydrogen) atoms. The standard InChI is InChI=1S/C28H23Cl2F3N2/c29-23-10-3-19(4-11-23)27(20-5-12-24(30)13-6-20)21-7-14-25(34)26(17-21)35-16-15-18-1-8-22(9-2-18)28(31,32)33/h1-14,17,27,35H,15-16,34H2. The molecule has 0 fully saturated rings. The van der Waals surface area contributed by atoms with Crippen LogP contribution in [0.5, 0.6) is 0 Å². The molecule has 0 aliphatic heterocycles. The minimum Gasteiger partial charge on any atom is -0.397 e. The molecule has 0 saturated carbocycles. The fraction of sp³-hybridized carbons (Fsp3) is 0.143. The van der Waals surface area contributed by atoms with Crippen molar-refractivity contribution in [1.29, 1.82) is 0 Å². The van der Waals surface area contributed by atoms with Crippen molar-refractivity contribution in [2.75, 3.05) is 17.6 Å². The maximum Gasteiger partial charge on any atom is 0.416 e. The third-order valence-corrected chi connectivity index (χ3v) is 6.33. The molecule has 0 radical (unpaired) electrons. The van der Waals surface area contributed by atoms with E-state index in [1.54, 1.807) is 0 Å². The van der Waals surface area contributed by atoms with Gasteiger partial charge < -0.3 is 11.1 Å². The number of hydrogen-bond donors (Lipinski definition) is 2. The molecule has 0 aliphatic rings. The Kier molecular flexibility index (Phi) is 7.58. The van der Waals surface area contributed by atoms with Gasteiger partial charge in [-0.2, -0.15) is 13.2 Å². The van der Waals surface area contributed by atoms with E-state index in [4.69, 9.17) is 28.9 Å². The molecule has 0 saturated heterocycles. The number of nitrogens with one attached hydrogen (secondary N) is 1. The van der Waals surface area contributed by atoms with E-state index in [2.05, 4.69) is 5.32 Å². The topological polar surface area (TPSA) is 38.0 Å². The summed E-state index contributed by atoms with van der Waals surface area (Å²) < 4.78 is 38.4.